The molecule has 0 saturated carbocycles. The quantitative estimate of drug-likeness (QED) is 0.525. The molecule has 11 heavy (non-hydrogen) atoms. The zero-order valence-corrected chi connectivity index (χ0v) is 6.05. The van der Waals surface area contributed by atoms with Gasteiger partial charge in [0.05, 0.1) is 5.57 Å². The molecule has 0 spiro atoms. The van der Waals surface area contributed by atoms with E-state index < -0.39 is 0 Å². The van der Waals surface area contributed by atoms with Gasteiger partial charge in [-0.3, -0.25) is 0 Å². The van der Waals surface area contributed by atoms with E-state index in [9.17, 15) is 4.39 Å². The minimum Gasteiger partial charge on any atom is -0.210 e. The summed E-state index contributed by atoms with van der Waals surface area (Å²) in [5.41, 5.74) is 0.142. The number of hydrogen-bond donors (Lipinski definition) is 0. The molecule has 2 heteroatoms. The Morgan fingerprint density at radius 3 is 3.00 bits per heavy atom. The van der Waals surface area contributed by atoms with Crippen LogP contribution in [0.4, 0.5) is 4.39 Å². The van der Waals surface area contributed by atoms with E-state index in [4.69, 9.17) is 5.26 Å². The first-order chi connectivity index (χ1) is 5.27. The summed E-state index contributed by atoms with van der Waals surface area (Å²) in [4.78, 5) is 0. The number of rotatable bonds is 1. The second-order valence-corrected chi connectivity index (χ2v) is 2.39. The molecule has 1 aliphatic rings. The normalized spacial score (nSPS) is 23.1. The molecular weight excluding hydrogens is 141 g/mol. The van der Waals surface area contributed by atoms with E-state index in [-0.39, 0.29) is 23.7 Å². The van der Waals surface area contributed by atoms with E-state index in [0.29, 0.717) is 0 Å². The lowest BCUT2D eigenvalue weighted by molar-refractivity contribution is 0.550. The monoisotopic (exact) mass is 149 g/mol. The molecule has 0 aliphatic heterocycles. The summed E-state index contributed by atoms with van der Waals surface area (Å²) in [5, 5.41) is 8.40. The standard InChI is InChI=1S/C9H8FN/c1-2-7-3-4-8(6-11)9(10)5-7/h2-4,7H,1,5H2. The predicted molar refractivity (Wildman–Crippen MR) is 41.2 cm³/mol. The molecule has 1 unspecified atom stereocenters. The zero-order valence-electron chi connectivity index (χ0n) is 6.05. The minimum atomic E-state index is -0.333. The Morgan fingerprint density at radius 1 is 1.82 bits per heavy atom. The molecule has 0 fully saturated rings. The van der Waals surface area contributed by atoms with Crippen LogP contribution in [0.2, 0.25) is 0 Å². The second kappa shape index (κ2) is 3.16. The van der Waals surface area contributed by atoms with Gasteiger partial charge in [-0.05, 0) is 6.08 Å². The third-order valence-electron chi connectivity index (χ3n) is 1.64. The van der Waals surface area contributed by atoms with Crippen LogP contribution < -0.4 is 0 Å². The van der Waals surface area contributed by atoms with Crippen LogP contribution in [0.25, 0.3) is 0 Å². The third kappa shape index (κ3) is 1.56. The first-order valence-electron chi connectivity index (χ1n) is 3.37. The largest absolute Gasteiger partial charge is 0.210 e. The molecule has 0 amide bonds. The van der Waals surface area contributed by atoms with Gasteiger partial charge in [-0.2, -0.15) is 5.26 Å². The SMILES string of the molecule is C=CC1C=CC(C#N)=C(F)C1. The van der Waals surface area contributed by atoms with Gasteiger partial charge >= 0.3 is 0 Å². The second-order valence-electron chi connectivity index (χ2n) is 2.39. The fourth-order valence-electron chi connectivity index (χ4n) is 0.955. The summed E-state index contributed by atoms with van der Waals surface area (Å²) >= 11 is 0. The first-order valence-corrected chi connectivity index (χ1v) is 3.37. The molecule has 0 N–H and O–H groups in total. The smallest absolute Gasteiger partial charge is 0.119 e. The highest BCUT2D eigenvalue weighted by Gasteiger charge is 2.12. The molecule has 0 aromatic carbocycles. The summed E-state index contributed by atoms with van der Waals surface area (Å²) in [6.45, 7) is 3.55. The lowest BCUT2D eigenvalue weighted by Gasteiger charge is -2.10. The van der Waals surface area contributed by atoms with E-state index in [0.717, 1.165) is 0 Å². The molecule has 0 saturated heterocycles. The van der Waals surface area contributed by atoms with Crippen molar-refractivity contribution in [3.05, 3.63) is 36.2 Å². The Morgan fingerprint density at radius 2 is 2.55 bits per heavy atom. The zero-order chi connectivity index (χ0) is 8.27. The fourth-order valence-corrected chi connectivity index (χ4v) is 0.955. The van der Waals surface area contributed by atoms with Crippen molar-refractivity contribution in [3.8, 4) is 6.07 Å². The summed E-state index contributed by atoms with van der Waals surface area (Å²) < 4.78 is 12.8. The molecule has 0 heterocycles. The van der Waals surface area contributed by atoms with E-state index in [1.165, 1.54) is 6.08 Å². The number of nitrogens with zero attached hydrogens (tertiary/aromatic N) is 1. The number of allylic oxidation sites excluding steroid dienone is 5. The van der Waals surface area contributed by atoms with Crippen molar-refractivity contribution in [1.82, 2.24) is 0 Å². The minimum absolute atomic E-state index is 0.0482. The van der Waals surface area contributed by atoms with Crippen LogP contribution in [0, 0.1) is 17.2 Å². The highest BCUT2D eigenvalue weighted by atomic mass is 19.1. The van der Waals surface area contributed by atoms with Crippen LogP contribution in [-0.2, 0) is 0 Å². The summed E-state index contributed by atoms with van der Waals surface area (Å²) in [7, 11) is 0. The Balaban J connectivity index is 2.83. The summed E-state index contributed by atoms with van der Waals surface area (Å²) in [5.74, 6) is -0.285. The van der Waals surface area contributed by atoms with Gasteiger partial charge in [0.25, 0.3) is 0 Å². The predicted octanol–water partition coefficient (Wildman–Crippen LogP) is 2.50. The van der Waals surface area contributed by atoms with Gasteiger partial charge in [0.2, 0.25) is 0 Å². The molecule has 0 aromatic heterocycles. The molecule has 1 nitrogen and oxygen atoms in total. The highest BCUT2D eigenvalue weighted by Crippen LogP contribution is 2.24. The lowest BCUT2D eigenvalue weighted by Crippen LogP contribution is -1.98. The van der Waals surface area contributed by atoms with Gasteiger partial charge in [0, 0.05) is 12.3 Å². The Labute approximate surface area is 65.1 Å². The molecule has 1 atom stereocenters. The van der Waals surface area contributed by atoms with Crippen molar-refractivity contribution in [2.24, 2.45) is 5.92 Å². The Bertz CT molecular complexity index is 268. The maximum atomic E-state index is 12.8. The van der Waals surface area contributed by atoms with Gasteiger partial charge in [-0.25, -0.2) is 4.39 Å². The first kappa shape index (κ1) is 7.74. The average molecular weight is 149 g/mol. The fraction of sp³-hybridized carbons (Fsp3) is 0.222. The van der Waals surface area contributed by atoms with Crippen LogP contribution in [-0.4, -0.2) is 0 Å². The van der Waals surface area contributed by atoms with Gasteiger partial charge in [-0.15, -0.1) is 6.58 Å². The van der Waals surface area contributed by atoms with Gasteiger partial charge < -0.3 is 0 Å². The van der Waals surface area contributed by atoms with Crippen molar-refractivity contribution in [1.29, 1.82) is 5.26 Å². The van der Waals surface area contributed by atoms with Crippen molar-refractivity contribution in [2.75, 3.05) is 0 Å². The molecule has 0 radical (unpaired) electrons. The van der Waals surface area contributed by atoms with Gasteiger partial charge in [-0.1, -0.05) is 12.2 Å². The van der Waals surface area contributed by atoms with Crippen molar-refractivity contribution >= 4 is 0 Å². The molecular formula is C9H8FN. The van der Waals surface area contributed by atoms with Crippen LogP contribution in [0.15, 0.2) is 36.2 Å². The Hall–Kier alpha value is -1.36. The van der Waals surface area contributed by atoms with Crippen LogP contribution in [0.5, 0.6) is 0 Å². The maximum absolute atomic E-state index is 12.8. The maximum Gasteiger partial charge on any atom is 0.119 e. The Kier molecular flexibility index (Phi) is 2.22. The average Bonchev–Trinajstić information content (AvgIpc) is 2.04. The van der Waals surface area contributed by atoms with E-state index in [1.807, 2.05) is 0 Å². The topological polar surface area (TPSA) is 23.8 Å². The van der Waals surface area contributed by atoms with Crippen LogP contribution in [0.1, 0.15) is 6.42 Å². The molecule has 1 aliphatic carbocycles. The number of hydrogen-bond acceptors (Lipinski definition) is 1. The van der Waals surface area contributed by atoms with Crippen LogP contribution in [0.3, 0.4) is 0 Å². The lowest BCUT2D eigenvalue weighted by atomic mass is 9.96. The van der Waals surface area contributed by atoms with E-state index in [2.05, 4.69) is 6.58 Å². The molecule has 1 rings (SSSR count). The van der Waals surface area contributed by atoms with Gasteiger partial charge in [0.1, 0.15) is 11.9 Å². The van der Waals surface area contributed by atoms with Crippen molar-refractivity contribution in [3.63, 3.8) is 0 Å². The number of halogens is 1. The summed E-state index contributed by atoms with van der Waals surface area (Å²) in [6, 6.07) is 1.78. The molecule has 56 valence electrons. The van der Waals surface area contributed by atoms with E-state index in [1.54, 1.807) is 18.2 Å². The van der Waals surface area contributed by atoms with Crippen molar-refractivity contribution in [2.45, 2.75) is 6.42 Å². The van der Waals surface area contributed by atoms with Crippen molar-refractivity contribution < 1.29 is 4.39 Å². The van der Waals surface area contributed by atoms with Gasteiger partial charge in [0.15, 0.2) is 0 Å². The molecule has 0 bridgehead atoms. The number of nitriles is 1. The molecule has 0 aromatic rings. The van der Waals surface area contributed by atoms with Crippen LogP contribution >= 0.6 is 0 Å². The third-order valence-corrected chi connectivity index (χ3v) is 1.64. The van der Waals surface area contributed by atoms with E-state index >= 15 is 0 Å². The summed E-state index contributed by atoms with van der Waals surface area (Å²) in [6.07, 6.45) is 5.24. The highest BCUT2D eigenvalue weighted by molar-refractivity contribution is 5.39.